The summed E-state index contributed by atoms with van der Waals surface area (Å²) in [5.74, 6) is 1.07. The lowest BCUT2D eigenvalue weighted by molar-refractivity contribution is 0.0481. The Morgan fingerprint density at radius 3 is 3.00 bits per heavy atom. The number of nitrogens with one attached hydrogen (secondary N) is 1. The van der Waals surface area contributed by atoms with Crippen LogP contribution in [0.2, 0.25) is 0 Å². The Bertz CT molecular complexity index is 433. The lowest BCUT2D eigenvalue weighted by atomic mass is 9.98. The number of rotatable bonds is 4. The molecule has 1 aromatic rings. The summed E-state index contributed by atoms with van der Waals surface area (Å²) < 4.78 is 0. The van der Waals surface area contributed by atoms with Crippen molar-refractivity contribution in [1.82, 2.24) is 10.3 Å². The Balaban J connectivity index is 2.19. The Hall–Kier alpha value is -1.13. The van der Waals surface area contributed by atoms with Crippen molar-refractivity contribution in [3.8, 4) is 0 Å². The molecule has 0 aliphatic carbocycles. The van der Waals surface area contributed by atoms with Gasteiger partial charge in [0.2, 0.25) is 0 Å². The third-order valence-electron chi connectivity index (χ3n) is 4.16. The maximum absolute atomic E-state index is 10.2. The molecule has 1 aliphatic rings. The van der Waals surface area contributed by atoms with Gasteiger partial charge in [-0.15, -0.1) is 0 Å². The van der Waals surface area contributed by atoms with Crippen LogP contribution in [0.25, 0.3) is 0 Å². The molecule has 4 heteroatoms. The van der Waals surface area contributed by atoms with Crippen LogP contribution in [-0.4, -0.2) is 35.3 Å². The van der Waals surface area contributed by atoms with Crippen molar-refractivity contribution in [1.29, 1.82) is 0 Å². The van der Waals surface area contributed by atoms with Gasteiger partial charge in [-0.1, -0.05) is 13.0 Å². The number of pyridine rings is 1. The minimum absolute atomic E-state index is 0.299. The van der Waals surface area contributed by atoms with Crippen molar-refractivity contribution in [3.05, 3.63) is 23.9 Å². The van der Waals surface area contributed by atoms with E-state index in [0.717, 1.165) is 44.7 Å². The maximum atomic E-state index is 10.2. The summed E-state index contributed by atoms with van der Waals surface area (Å²) in [6.45, 7) is 9.03. The molecule has 112 valence electrons. The molecule has 0 spiro atoms. The highest BCUT2D eigenvalue weighted by Crippen LogP contribution is 2.28. The number of hydrogen-bond acceptors (Lipinski definition) is 4. The smallest absolute Gasteiger partial charge is 0.133 e. The lowest BCUT2D eigenvalue weighted by Crippen LogP contribution is -2.30. The standard InChI is InChI=1S/C16H27N3O/c1-4-17-13(2)14-7-5-10-18-15(14)19-11-6-8-16(3,20)9-12-19/h5,7,10,13,17,20H,4,6,8-9,11-12H2,1-3H3. The van der Waals surface area contributed by atoms with E-state index in [1.54, 1.807) is 0 Å². The molecule has 1 aromatic heterocycles. The number of anilines is 1. The average molecular weight is 277 g/mol. The minimum atomic E-state index is -0.531. The second kappa shape index (κ2) is 6.55. The van der Waals surface area contributed by atoms with Gasteiger partial charge in [0, 0.05) is 30.9 Å². The van der Waals surface area contributed by atoms with Crippen molar-refractivity contribution in [2.75, 3.05) is 24.5 Å². The van der Waals surface area contributed by atoms with Gasteiger partial charge in [0.25, 0.3) is 0 Å². The Kier molecular flexibility index (Phi) is 5.00. The van der Waals surface area contributed by atoms with Gasteiger partial charge in [-0.05, 0) is 45.7 Å². The fourth-order valence-corrected chi connectivity index (χ4v) is 2.90. The molecule has 2 unspecified atom stereocenters. The van der Waals surface area contributed by atoms with Crippen molar-refractivity contribution in [2.45, 2.75) is 51.7 Å². The fraction of sp³-hybridized carbons (Fsp3) is 0.688. The number of nitrogens with zero attached hydrogens (tertiary/aromatic N) is 2. The molecule has 2 atom stereocenters. The predicted octanol–water partition coefficient (Wildman–Crippen LogP) is 2.49. The number of aromatic nitrogens is 1. The summed E-state index contributed by atoms with van der Waals surface area (Å²) in [5, 5.41) is 13.7. The van der Waals surface area contributed by atoms with Crippen LogP contribution in [0.15, 0.2) is 18.3 Å². The fourth-order valence-electron chi connectivity index (χ4n) is 2.90. The highest BCUT2D eigenvalue weighted by molar-refractivity contribution is 5.48. The van der Waals surface area contributed by atoms with Gasteiger partial charge in [0.1, 0.15) is 5.82 Å². The first-order valence-corrected chi connectivity index (χ1v) is 7.69. The van der Waals surface area contributed by atoms with E-state index < -0.39 is 5.60 Å². The molecule has 4 nitrogen and oxygen atoms in total. The molecule has 2 N–H and O–H groups in total. The highest BCUT2D eigenvalue weighted by atomic mass is 16.3. The van der Waals surface area contributed by atoms with Gasteiger partial charge >= 0.3 is 0 Å². The molecule has 1 fully saturated rings. The largest absolute Gasteiger partial charge is 0.390 e. The van der Waals surface area contributed by atoms with E-state index >= 15 is 0 Å². The van der Waals surface area contributed by atoms with Crippen LogP contribution in [-0.2, 0) is 0 Å². The van der Waals surface area contributed by atoms with E-state index in [9.17, 15) is 5.11 Å². The van der Waals surface area contributed by atoms with Crippen LogP contribution in [0.1, 0.15) is 51.6 Å². The van der Waals surface area contributed by atoms with Crippen molar-refractivity contribution in [2.24, 2.45) is 0 Å². The van der Waals surface area contributed by atoms with E-state index in [0.29, 0.717) is 6.04 Å². The molecule has 0 radical (unpaired) electrons. The second-order valence-electron chi connectivity index (χ2n) is 6.03. The second-order valence-corrected chi connectivity index (χ2v) is 6.03. The minimum Gasteiger partial charge on any atom is -0.390 e. The van der Waals surface area contributed by atoms with Crippen molar-refractivity contribution in [3.63, 3.8) is 0 Å². The number of hydrogen-bond donors (Lipinski definition) is 2. The predicted molar refractivity (Wildman–Crippen MR) is 83.0 cm³/mol. The zero-order valence-electron chi connectivity index (χ0n) is 12.9. The van der Waals surface area contributed by atoms with Crippen LogP contribution in [0.3, 0.4) is 0 Å². The molecule has 0 saturated carbocycles. The Morgan fingerprint density at radius 2 is 2.25 bits per heavy atom. The molecular weight excluding hydrogens is 250 g/mol. The van der Waals surface area contributed by atoms with Gasteiger partial charge in [-0.3, -0.25) is 0 Å². The van der Waals surface area contributed by atoms with Crippen molar-refractivity contribution >= 4 is 5.82 Å². The summed E-state index contributed by atoms with van der Waals surface area (Å²) in [6.07, 6.45) is 4.55. The molecule has 0 amide bonds. The van der Waals surface area contributed by atoms with Gasteiger partial charge in [0.15, 0.2) is 0 Å². The summed E-state index contributed by atoms with van der Waals surface area (Å²) in [7, 11) is 0. The van der Waals surface area contributed by atoms with Gasteiger partial charge in [-0.25, -0.2) is 4.98 Å². The first kappa shape index (κ1) is 15.3. The SMILES string of the molecule is CCNC(C)c1cccnc1N1CCCC(C)(O)CC1. The first-order chi connectivity index (χ1) is 9.53. The average Bonchev–Trinajstić information content (AvgIpc) is 2.60. The molecule has 0 aromatic carbocycles. The maximum Gasteiger partial charge on any atom is 0.133 e. The topological polar surface area (TPSA) is 48.4 Å². The summed E-state index contributed by atoms with van der Waals surface area (Å²) in [5.41, 5.74) is 0.715. The third-order valence-corrected chi connectivity index (χ3v) is 4.16. The molecule has 20 heavy (non-hydrogen) atoms. The van der Waals surface area contributed by atoms with E-state index in [2.05, 4.69) is 35.1 Å². The molecule has 1 aliphatic heterocycles. The molecule has 2 rings (SSSR count). The van der Waals surface area contributed by atoms with E-state index in [-0.39, 0.29) is 0 Å². The first-order valence-electron chi connectivity index (χ1n) is 7.69. The third kappa shape index (κ3) is 3.70. The van der Waals surface area contributed by atoms with Crippen LogP contribution < -0.4 is 10.2 Å². The molecular formula is C16H27N3O. The Morgan fingerprint density at radius 1 is 1.45 bits per heavy atom. The molecule has 0 bridgehead atoms. The summed E-state index contributed by atoms with van der Waals surface area (Å²) >= 11 is 0. The quantitative estimate of drug-likeness (QED) is 0.888. The molecule has 2 heterocycles. The Labute approximate surface area is 122 Å². The van der Waals surface area contributed by atoms with Gasteiger partial charge in [0.05, 0.1) is 5.60 Å². The number of aliphatic hydroxyl groups is 1. The zero-order chi connectivity index (χ0) is 14.6. The summed E-state index contributed by atoms with van der Waals surface area (Å²) in [6, 6.07) is 4.45. The van der Waals surface area contributed by atoms with E-state index in [1.165, 1.54) is 5.56 Å². The van der Waals surface area contributed by atoms with E-state index in [4.69, 9.17) is 0 Å². The summed E-state index contributed by atoms with van der Waals surface area (Å²) in [4.78, 5) is 6.92. The van der Waals surface area contributed by atoms with Crippen LogP contribution in [0.4, 0.5) is 5.82 Å². The molecule has 1 saturated heterocycles. The van der Waals surface area contributed by atoms with Gasteiger partial charge < -0.3 is 15.3 Å². The van der Waals surface area contributed by atoms with Gasteiger partial charge in [-0.2, -0.15) is 0 Å². The normalized spacial score (nSPS) is 25.3. The van der Waals surface area contributed by atoms with Crippen LogP contribution >= 0.6 is 0 Å². The monoisotopic (exact) mass is 277 g/mol. The zero-order valence-corrected chi connectivity index (χ0v) is 12.9. The highest BCUT2D eigenvalue weighted by Gasteiger charge is 2.26. The van der Waals surface area contributed by atoms with Crippen molar-refractivity contribution < 1.29 is 5.11 Å². The van der Waals surface area contributed by atoms with E-state index in [1.807, 2.05) is 19.2 Å². The lowest BCUT2D eigenvalue weighted by Gasteiger charge is -2.27. The van der Waals surface area contributed by atoms with Crippen LogP contribution in [0, 0.1) is 0 Å². The van der Waals surface area contributed by atoms with Crippen LogP contribution in [0.5, 0.6) is 0 Å².